The van der Waals surface area contributed by atoms with Crippen molar-refractivity contribution in [3.05, 3.63) is 33.4 Å². The van der Waals surface area contributed by atoms with Gasteiger partial charge in [-0.25, -0.2) is 14.8 Å². The zero-order valence-corrected chi connectivity index (χ0v) is 22.6. The molecule has 5 N–H and O–H groups in total. The van der Waals surface area contributed by atoms with E-state index in [1.807, 2.05) is 4.57 Å². The molecule has 11 nitrogen and oxygen atoms in total. The number of nitrogens with zero attached hydrogens (tertiary/aromatic N) is 5. The third-order valence-corrected chi connectivity index (χ3v) is 7.98. The maximum Gasteiger partial charge on any atom is 0.407 e. The molecule has 2 aliphatic rings. The summed E-state index contributed by atoms with van der Waals surface area (Å²) in [7, 11) is 0. The summed E-state index contributed by atoms with van der Waals surface area (Å²) in [5, 5.41) is 17.0. The van der Waals surface area contributed by atoms with E-state index < -0.39 is 6.09 Å². The second kappa shape index (κ2) is 11.0. The molecule has 2 aromatic heterocycles. The predicted octanol–water partition coefficient (Wildman–Crippen LogP) is 5.30. The van der Waals surface area contributed by atoms with Gasteiger partial charge >= 0.3 is 6.09 Å². The van der Waals surface area contributed by atoms with E-state index >= 15 is 0 Å². The van der Waals surface area contributed by atoms with E-state index in [-0.39, 0.29) is 23.9 Å². The third kappa shape index (κ3) is 5.55. The highest BCUT2D eigenvalue weighted by Gasteiger charge is 2.30. The number of halogens is 3. The van der Waals surface area contributed by atoms with E-state index in [0.717, 1.165) is 12.8 Å². The standard InChI is InChI=1S/C24H27Cl3N8O3/c25-13-8-16(26)19(17(27)9-13)32-23-31-18-10-29-22(30-14-2-1-7-34(11-14)24(37)38)33-21(18)35(23)15-5-3-12(4-6-15)20(28)36/h8-10,12,14-15H,1-7,11H2,(H2,28,36)(H,31,32)(H,37,38)(H,29,30,33). The lowest BCUT2D eigenvalue weighted by molar-refractivity contribution is -0.122. The van der Waals surface area contributed by atoms with Crippen LogP contribution in [0, 0.1) is 5.92 Å². The van der Waals surface area contributed by atoms with Gasteiger partial charge in [0.05, 0.1) is 21.9 Å². The summed E-state index contributed by atoms with van der Waals surface area (Å²) in [4.78, 5) is 38.5. The predicted molar refractivity (Wildman–Crippen MR) is 147 cm³/mol. The van der Waals surface area contributed by atoms with Crippen molar-refractivity contribution in [1.29, 1.82) is 0 Å². The summed E-state index contributed by atoms with van der Waals surface area (Å²) in [5.74, 6) is 0.423. The number of aromatic nitrogens is 4. The number of primary amides is 1. The molecule has 3 heterocycles. The van der Waals surface area contributed by atoms with Gasteiger partial charge in [0.25, 0.3) is 0 Å². The van der Waals surface area contributed by atoms with Gasteiger partial charge in [-0.15, -0.1) is 0 Å². The van der Waals surface area contributed by atoms with Crippen molar-refractivity contribution in [3.8, 4) is 0 Å². The average Bonchev–Trinajstić information content (AvgIpc) is 3.23. The van der Waals surface area contributed by atoms with Crippen LogP contribution in [0.5, 0.6) is 0 Å². The van der Waals surface area contributed by atoms with Crippen LogP contribution in [-0.4, -0.2) is 60.7 Å². The number of nitrogens with one attached hydrogen (secondary N) is 2. The van der Waals surface area contributed by atoms with E-state index in [0.29, 0.717) is 82.6 Å². The first-order valence-electron chi connectivity index (χ1n) is 12.4. The molecule has 1 unspecified atom stereocenters. The molecule has 1 saturated carbocycles. The van der Waals surface area contributed by atoms with Crippen molar-refractivity contribution >= 4 is 75.6 Å². The molecule has 38 heavy (non-hydrogen) atoms. The molecule has 0 radical (unpaired) electrons. The van der Waals surface area contributed by atoms with Crippen LogP contribution in [0.1, 0.15) is 44.6 Å². The lowest BCUT2D eigenvalue weighted by Gasteiger charge is -2.31. The molecule has 202 valence electrons. The zero-order chi connectivity index (χ0) is 27.0. The lowest BCUT2D eigenvalue weighted by atomic mass is 9.85. The highest BCUT2D eigenvalue weighted by Crippen LogP contribution is 2.40. The molecule has 1 saturated heterocycles. The number of piperidine rings is 1. The molecule has 3 aromatic rings. The van der Waals surface area contributed by atoms with Crippen LogP contribution in [0.25, 0.3) is 11.2 Å². The molecule has 0 spiro atoms. The Balaban J connectivity index is 1.50. The van der Waals surface area contributed by atoms with Crippen LogP contribution in [0.4, 0.5) is 22.4 Å². The van der Waals surface area contributed by atoms with Gasteiger partial charge in [-0.2, -0.15) is 4.98 Å². The van der Waals surface area contributed by atoms with Gasteiger partial charge in [-0.1, -0.05) is 34.8 Å². The van der Waals surface area contributed by atoms with Gasteiger partial charge < -0.3 is 26.4 Å². The van der Waals surface area contributed by atoms with Crippen LogP contribution in [0.3, 0.4) is 0 Å². The van der Waals surface area contributed by atoms with Gasteiger partial charge in [-0.3, -0.25) is 9.36 Å². The number of hydrogen-bond donors (Lipinski definition) is 4. The number of likely N-dealkylation sites (tertiary alicyclic amines) is 1. The maximum atomic E-state index is 11.8. The largest absolute Gasteiger partial charge is 0.465 e. The second-order valence-corrected chi connectivity index (χ2v) is 10.9. The number of carbonyl (C=O) groups is 2. The minimum Gasteiger partial charge on any atom is -0.465 e. The van der Waals surface area contributed by atoms with Crippen LogP contribution >= 0.6 is 34.8 Å². The van der Waals surface area contributed by atoms with Crippen LogP contribution < -0.4 is 16.4 Å². The third-order valence-electron chi connectivity index (χ3n) is 7.17. The molecule has 5 rings (SSSR count). The van der Waals surface area contributed by atoms with E-state index in [9.17, 15) is 14.7 Å². The van der Waals surface area contributed by atoms with Crippen molar-refractivity contribution in [2.24, 2.45) is 11.7 Å². The first-order chi connectivity index (χ1) is 18.2. The summed E-state index contributed by atoms with van der Waals surface area (Å²) >= 11 is 19.0. The van der Waals surface area contributed by atoms with Crippen molar-refractivity contribution < 1.29 is 14.7 Å². The molecule has 14 heteroatoms. The Hall–Kier alpha value is -3.02. The summed E-state index contributed by atoms with van der Waals surface area (Å²) in [6.45, 7) is 0.868. The Morgan fingerprint density at radius 2 is 1.76 bits per heavy atom. The number of nitrogens with two attached hydrogens (primary N) is 1. The highest BCUT2D eigenvalue weighted by molar-refractivity contribution is 6.41. The topological polar surface area (TPSA) is 151 Å². The van der Waals surface area contributed by atoms with Gasteiger partial charge in [0.1, 0.15) is 5.52 Å². The highest BCUT2D eigenvalue weighted by atomic mass is 35.5. The zero-order valence-electron chi connectivity index (χ0n) is 20.3. The number of carbonyl (C=O) groups excluding carboxylic acids is 1. The Morgan fingerprint density at radius 3 is 2.42 bits per heavy atom. The van der Waals surface area contributed by atoms with E-state index in [1.54, 1.807) is 18.3 Å². The molecule has 2 amide bonds. The second-order valence-electron chi connectivity index (χ2n) is 9.70. The molecular formula is C24H27Cl3N8O3. The van der Waals surface area contributed by atoms with E-state index in [1.165, 1.54) is 4.90 Å². The molecule has 1 atom stereocenters. The van der Waals surface area contributed by atoms with Crippen molar-refractivity contribution in [3.63, 3.8) is 0 Å². The smallest absolute Gasteiger partial charge is 0.407 e. The Morgan fingerprint density at radius 1 is 1.05 bits per heavy atom. The van der Waals surface area contributed by atoms with Gasteiger partial charge in [0.15, 0.2) is 5.65 Å². The number of carboxylic acid groups (broad SMARTS) is 1. The molecule has 1 aliphatic carbocycles. The van der Waals surface area contributed by atoms with Crippen LogP contribution in [0.2, 0.25) is 15.1 Å². The van der Waals surface area contributed by atoms with Gasteiger partial charge in [0, 0.05) is 36.1 Å². The number of hydrogen-bond acceptors (Lipinski definition) is 7. The van der Waals surface area contributed by atoms with Gasteiger partial charge in [-0.05, 0) is 50.7 Å². The maximum absolute atomic E-state index is 11.8. The Bertz CT molecular complexity index is 1350. The molecule has 1 aliphatic heterocycles. The number of imidazole rings is 1. The van der Waals surface area contributed by atoms with Crippen molar-refractivity contribution in [2.45, 2.75) is 50.6 Å². The number of amides is 2. The van der Waals surface area contributed by atoms with E-state index in [2.05, 4.69) is 15.6 Å². The average molecular weight is 582 g/mol. The number of fused-ring (bicyclic) bond motifs is 1. The number of benzene rings is 1. The minimum absolute atomic E-state index is 0.0112. The lowest BCUT2D eigenvalue weighted by Crippen LogP contribution is -2.44. The fourth-order valence-electron chi connectivity index (χ4n) is 5.24. The Labute approximate surface area is 233 Å². The minimum atomic E-state index is -0.937. The van der Waals surface area contributed by atoms with Crippen LogP contribution in [0.15, 0.2) is 18.3 Å². The number of anilines is 3. The van der Waals surface area contributed by atoms with Gasteiger partial charge in [0.2, 0.25) is 17.8 Å². The normalized spacial score (nSPS) is 21.9. The molecule has 2 fully saturated rings. The summed E-state index contributed by atoms with van der Waals surface area (Å²) < 4.78 is 1.99. The number of rotatable bonds is 6. The fraction of sp³-hybridized carbons (Fsp3) is 0.458. The summed E-state index contributed by atoms with van der Waals surface area (Å²) in [6.07, 6.45) is 4.98. The molecule has 1 aromatic carbocycles. The summed E-state index contributed by atoms with van der Waals surface area (Å²) in [5.41, 5.74) is 7.18. The van der Waals surface area contributed by atoms with Crippen LogP contribution in [-0.2, 0) is 4.79 Å². The molecular weight excluding hydrogens is 555 g/mol. The quantitative estimate of drug-likeness (QED) is 0.306. The van der Waals surface area contributed by atoms with Crippen molar-refractivity contribution in [1.82, 2.24) is 24.4 Å². The molecule has 0 bridgehead atoms. The monoisotopic (exact) mass is 580 g/mol. The SMILES string of the molecule is NC(=O)C1CCC(n2c(Nc3c(Cl)cc(Cl)cc3Cl)nc3cnc(NC4CCCN(C(=O)O)C4)nc32)CC1. The van der Waals surface area contributed by atoms with Crippen molar-refractivity contribution in [2.75, 3.05) is 23.7 Å². The first-order valence-corrected chi connectivity index (χ1v) is 13.5. The summed E-state index contributed by atoms with van der Waals surface area (Å²) in [6, 6.07) is 3.07. The Kier molecular flexibility index (Phi) is 7.69. The van der Waals surface area contributed by atoms with E-state index in [4.69, 9.17) is 50.5 Å². The first kappa shape index (κ1) is 26.6. The fourth-order valence-corrected chi connectivity index (χ4v) is 6.15.